The van der Waals surface area contributed by atoms with Crippen molar-refractivity contribution in [3.8, 4) is 0 Å². The molecule has 2 aromatic rings. The molecule has 0 aliphatic heterocycles. The lowest BCUT2D eigenvalue weighted by atomic mass is 10.3. The summed E-state index contributed by atoms with van der Waals surface area (Å²) in [7, 11) is -3.19. The van der Waals surface area contributed by atoms with E-state index < -0.39 is 9.84 Å². The molecule has 0 amide bonds. The van der Waals surface area contributed by atoms with Gasteiger partial charge in [-0.25, -0.2) is 8.42 Å². The first-order valence-corrected chi connectivity index (χ1v) is 7.63. The number of aromatic nitrogens is 1. The van der Waals surface area contributed by atoms with Crippen LogP contribution in [0.2, 0.25) is 0 Å². The summed E-state index contributed by atoms with van der Waals surface area (Å²) in [5.74, 6) is 0. The number of halogens is 1. The Bertz CT molecular complexity index is 744. The molecule has 0 unspecified atom stereocenters. The third-order valence-corrected chi connectivity index (χ3v) is 4.48. The van der Waals surface area contributed by atoms with Crippen molar-refractivity contribution < 1.29 is 8.42 Å². The number of benzene rings is 1. The molecule has 2 rings (SSSR count). The van der Waals surface area contributed by atoms with Gasteiger partial charge in [-0.05, 0) is 18.2 Å². The van der Waals surface area contributed by atoms with Crippen LogP contribution in [0.3, 0.4) is 0 Å². The van der Waals surface area contributed by atoms with Crippen molar-refractivity contribution in [3.05, 3.63) is 35.7 Å². The number of nitrogens with one attached hydrogen (secondary N) is 1. The summed E-state index contributed by atoms with van der Waals surface area (Å²) < 4.78 is 25.5. The quantitative estimate of drug-likeness (QED) is 0.865. The van der Waals surface area contributed by atoms with Crippen molar-refractivity contribution in [3.63, 3.8) is 0 Å². The van der Waals surface area contributed by atoms with E-state index in [0.29, 0.717) is 11.3 Å². The number of hydrogen-bond donors (Lipinski definition) is 1. The van der Waals surface area contributed by atoms with Gasteiger partial charge >= 0.3 is 0 Å². The van der Waals surface area contributed by atoms with Crippen molar-refractivity contribution in [2.24, 2.45) is 0 Å². The van der Waals surface area contributed by atoms with Gasteiger partial charge in [-0.2, -0.15) is 0 Å². The third-order valence-electron chi connectivity index (χ3n) is 2.41. The molecule has 0 fully saturated rings. The highest BCUT2D eigenvalue weighted by Crippen LogP contribution is 2.21. The standard InChI is InChI=1S/C11H12N2O2S2.BrH/c1-3-6-13-9-5-4-8(17(2,14)15)7-10(9)16-11(13)12;/h3-5,7,12H,1,6H2,2H3;1H. The van der Waals surface area contributed by atoms with Crippen LogP contribution in [0.4, 0.5) is 0 Å². The van der Waals surface area contributed by atoms with Gasteiger partial charge in [-0.15, -0.1) is 23.6 Å². The number of hydrogen-bond acceptors (Lipinski definition) is 4. The van der Waals surface area contributed by atoms with Gasteiger partial charge in [0.25, 0.3) is 0 Å². The Hall–Kier alpha value is -0.920. The van der Waals surface area contributed by atoms with E-state index in [1.807, 2.05) is 0 Å². The summed E-state index contributed by atoms with van der Waals surface area (Å²) in [4.78, 5) is 0.683. The second kappa shape index (κ2) is 5.38. The van der Waals surface area contributed by atoms with Gasteiger partial charge in [-0.1, -0.05) is 17.4 Å². The Balaban J connectivity index is 0.00000162. The van der Waals surface area contributed by atoms with Crippen molar-refractivity contribution in [1.82, 2.24) is 4.57 Å². The molecule has 0 saturated heterocycles. The molecule has 0 aliphatic carbocycles. The maximum atomic E-state index is 11.4. The fourth-order valence-electron chi connectivity index (χ4n) is 1.61. The van der Waals surface area contributed by atoms with Crippen LogP contribution in [0.1, 0.15) is 0 Å². The molecule has 1 N–H and O–H groups in total. The number of sulfone groups is 1. The van der Waals surface area contributed by atoms with E-state index in [1.165, 1.54) is 17.6 Å². The molecule has 4 nitrogen and oxygen atoms in total. The molecule has 1 aromatic carbocycles. The molecule has 7 heteroatoms. The van der Waals surface area contributed by atoms with Crippen molar-refractivity contribution in [2.45, 2.75) is 11.4 Å². The fourth-order valence-corrected chi connectivity index (χ4v) is 3.29. The zero-order valence-corrected chi connectivity index (χ0v) is 13.1. The molecule has 0 spiro atoms. The molecule has 0 saturated carbocycles. The molecule has 98 valence electrons. The molecule has 0 radical (unpaired) electrons. The molecular weight excluding hydrogens is 336 g/mol. The average molecular weight is 349 g/mol. The monoisotopic (exact) mass is 348 g/mol. The molecule has 0 atom stereocenters. The van der Waals surface area contributed by atoms with E-state index in [9.17, 15) is 8.42 Å². The van der Waals surface area contributed by atoms with Crippen LogP contribution in [-0.2, 0) is 16.4 Å². The number of rotatable bonds is 3. The lowest BCUT2D eigenvalue weighted by Crippen LogP contribution is -2.11. The lowest BCUT2D eigenvalue weighted by Gasteiger charge is -2.01. The number of nitrogens with zero attached hydrogens (tertiary/aromatic N) is 1. The van der Waals surface area contributed by atoms with Gasteiger partial charge in [0.15, 0.2) is 14.6 Å². The van der Waals surface area contributed by atoms with Gasteiger partial charge in [0.1, 0.15) is 0 Å². The molecule has 0 aliphatic rings. The van der Waals surface area contributed by atoms with Gasteiger partial charge in [0, 0.05) is 12.8 Å². The highest BCUT2D eigenvalue weighted by Gasteiger charge is 2.10. The largest absolute Gasteiger partial charge is 0.313 e. The van der Waals surface area contributed by atoms with Crippen LogP contribution in [0.5, 0.6) is 0 Å². The molecule has 0 bridgehead atoms. The number of thiazole rings is 1. The maximum Gasteiger partial charge on any atom is 0.183 e. The van der Waals surface area contributed by atoms with E-state index >= 15 is 0 Å². The van der Waals surface area contributed by atoms with Crippen LogP contribution < -0.4 is 4.80 Å². The Morgan fingerprint density at radius 2 is 2.17 bits per heavy atom. The molecule has 1 aromatic heterocycles. The average Bonchev–Trinajstić information content (AvgIpc) is 2.54. The minimum Gasteiger partial charge on any atom is -0.313 e. The van der Waals surface area contributed by atoms with E-state index in [0.717, 1.165) is 10.2 Å². The number of fused-ring (bicyclic) bond motifs is 1. The predicted octanol–water partition coefficient (Wildman–Crippen LogP) is 2.35. The highest BCUT2D eigenvalue weighted by molar-refractivity contribution is 8.93. The SMILES string of the molecule is Br.C=CCn1c(=N)sc2cc(S(C)(=O)=O)ccc21. The Morgan fingerprint density at radius 1 is 1.50 bits per heavy atom. The Labute approximate surface area is 120 Å². The number of allylic oxidation sites excluding steroid dienone is 1. The molecule has 18 heavy (non-hydrogen) atoms. The second-order valence-corrected chi connectivity index (χ2v) is 6.75. The van der Waals surface area contributed by atoms with Gasteiger partial charge in [0.2, 0.25) is 0 Å². The van der Waals surface area contributed by atoms with Gasteiger partial charge in [0.05, 0.1) is 15.1 Å². The summed E-state index contributed by atoms with van der Waals surface area (Å²) in [5.41, 5.74) is 0.868. The van der Waals surface area contributed by atoms with Crippen molar-refractivity contribution in [1.29, 1.82) is 5.41 Å². The first-order valence-electron chi connectivity index (χ1n) is 4.92. The smallest absolute Gasteiger partial charge is 0.183 e. The summed E-state index contributed by atoms with van der Waals surface area (Å²) in [6.07, 6.45) is 2.90. The first kappa shape index (κ1) is 15.1. The lowest BCUT2D eigenvalue weighted by molar-refractivity contribution is 0.602. The zero-order valence-electron chi connectivity index (χ0n) is 9.71. The molecular formula is C11H13BrN2O2S2. The van der Waals surface area contributed by atoms with E-state index in [2.05, 4.69) is 6.58 Å². The summed E-state index contributed by atoms with van der Waals surface area (Å²) in [6.45, 7) is 4.20. The van der Waals surface area contributed by atoms with Crippen LogP contribution in [0.15, 0.2) is 35.7 Å². The Morgan fingerprint density at radius 3 is 2.72 bits per heavy atom. The topological polar surface area (TPSA) is 62.9 Å². The maximum absolute atomic E-state index is 11.4. The minimum atomic E-state index is -3.19. The Kier molecular flexibility index (Phi) is 4.52. The minimum absolute atomic E-state index is 0. The van der Waals surface area contributed by atoms with Gasteiger partial charge in [-0.3, -0.25) is 5.41 Å². The third kappa shape index (κ3) is 2.73. The van der Waals surface area contributed by atoms with Gasteiger partial charge < -0.3 is 4.57 Å². The van der Waals surface area contributed by atoms with Crippen LogP contribution >= 0.6 is 28.3 Å². The van der Waals surface area contributed by atoms with Crippen LogP contribution in [0.25, 0.3) is 10.2 Å². The predicted molar refractivity (Wildman–Crippen MR) is 79.3 cm³/mol. The normalized spacial score (nSPS) is 11.2. The fraction of sp³-hybridized carbons (Fsp3) is 0.182. The summed E-state index contributed by atoms with van der Waals surface area (Å²) in [6, 6.07) is 4.93. The zero-order chi connectivity index (χ0) is 12.6. The van der Waals surface area contributed by atoms with E-state index in [-0.39, 0.29) is 21.9 Å². The first-order chi connectivity index (χ1) is 7.93. The van der Waals surface area contributed by atoms with Crippen LogP contribution in [-0.4, -0.2) is 19.2 Å². The summed E-state index contributed by atoms with van der Waals surface area (Å²) in [5, 5.41) is 7.81. The van der Waals surface area contributed by atoms with E-state index in [1.54, 1.807) is 28.8 Å². The second-order valence-electron chi connectivity index (χ2n) is 3.71. The van der Waals surface area contributed by atoms with Crippen LogP contribution in [0, 0.1) is 5.41 Å². The molecule has 1 heterocycles. The van der Waals surface area contributed by atoms with E-state index in [4.69, 9.17) is 5.41 Å². The van der Waals surface area contributed by atoms with Crippen molar-refractivity contribution in [2.75, 3.05) is 6.26 Å². The van der Waals surface area contributed by atoms with Crippen molar-refractivity contribution >= 4 is 48.4 Å². The summed E-state index contributed by atoms with van der Waals surface area (Å²) >= 11 is 1.27. The highest BCUT2D eigenvalue weighted by atomic mass is 79.9.